The molecule has 0 saturated carbocycles. The Balaban J connectivity index is 2.02. The van der Waals surface area contributed by atoms with Crippen LogP contribution in [0.3, 0.4) is 0 Å². The Morgan fingerprint density at radius 2 is 1.91 bits per heavy atom. The minimum Gasteiger partial charge on any atom is -0.324 e. The Labute approximate surface area is 200 Å². The topological polar surface area (TPSA) is 109 Å². The summed E-state index contributed by atoms with van der Waals surface area (Å²) >= 11 is 0. The number of allylic oxidation sites excluding steroid dienone is 4. The van der Waals surface area contributed by atoms with Gasteiger partial charge in [0.2, 0.25) is 0 Å². The molecule has 0 saturated heterocycles. The van der Waals surface area contributed by atoms with Gasteiger partial charge in [0.1, 0.15) is 0 Å². The predicted octanol–water partition coefficient (Wildman–Crippen LogP) is 4.33. The van der Waals surface area contributed by atoms with Crippen LogP contribution in [0, 0.1) is 0 Å². The molecule has 3 aromatic heterocycles. The van der Waals surface area contributed by atoms with Crippen molar-refractivity contribution in [1.29, 1.82) is 0 Å². The maximum absolute atomic E-state index is 11.0. The standard InChI is InChI=1S/C24H26N4O4P2/c1-2-3-20(6-11-26-14-19-34(30,31)32)23-4-5-24(28(23)22-7-12-25-13-8-22)21-9-15-27(16-10-21)17-18-33-29/h2-13,15-16H,14,17-19H2,1H3,(H-,30,31,32)/p+1/b3-2-,20-6+,26-11+. The van der Waals surface area contributed by atoms with E-state index in [-0.39, 0.29) is 21.2 Å². The molecule has 8 nitrogen and oxygen atoms in total. The SMILES string of the molecule is C\C=C/C(=C\C=N\CCP(=O)(O)O)c1ccc(-c2cc[n+](CCP=O)cc2)n1-c1ccncc1. The molecule has 34 heavy (non-hydrogen) atoms. The van der Waals surface area contributed by atoms with Crippen LogP contribution in [0.2, 0.25) is 0 Å². The van der Waals surface area contributed by atoms with Crippen LogP contribution in [0.5, 0.6) is 0 Å². The van der Waals surface area contributed by atoms with Gasteiger partial charge in [-0.3, -0.25) is 19.1 Å². The first-order valence-electron chi connectivity index (χ1n) is 10.7. The summed E-state index contributed by atoms with van der Waals surface area (Å²) in [5.74, 6) is 0. The summed E-state index contributed by atoms with van der Waals surface area (Å²) in [6.07, 6.45) is 15.0. The van der Waals surface area contributed by atoms with E-state index in [1.54, 1.807) is 18.6 Å². The molecule has 3 rings (SSSR count). The van der Waals surface area contributed by atoms with E-state index in [1.807, 2.05) is 78.5 Å². The predicted molar refractivity (Wildman–Crippen MR) is 135 cm³/mol. The van der Waals surface area contributed by atoms with E-state index in [4.69, 9.17) is 9.79 Å². The molecule has 0 aliphatic carbocycles. The number of aliphatic imine (C=N–C) groups is 1. The molecule has 176 valence electrons. The van der Waals surface area contributed by atoms with E-state index in [9.17, 15) is 9.13 Å². The zero-order valence-corrected chi connectivity index (χ0v) is 20.6. The van der Waals surface area contributed by atoms with Gasteiger partial charge in [0.05, 0.1) is 30.3 Å². The molecule has 0 atom stereocenters. The number of rotatable bonds is 11. The maximum atomic E-state index is 11.0. The average Bonchev–Trinajstić information content (AvgIpc) is 3.27. The third-order valence-corrected chi connectivity index (χ3v) is 6.13. The molecule has 3 heterocycles. The van der Waals surface area contributed by atoms with Crippen LogP contribution in [0.15, 0.2) is 84.4 Å². The minimum atomic E-state index is -4.07. The van der Waals surface area contributed by atoms with Crippen LogP contribution in [-0.2, 0) is 15.7 Å². The van der Waals surface area contributed by atoms with Crippen LogP contribution in [-0.4, -0.2) is 44.4 Å². The Hall–Kier alpha value is -3.02. The molecule has 0 fully saturated rings. The monoisotopic (exact) mass is 497 g/mol. The fourth-order valence-electron chi connectivity index (χ4n) is 3.39. The Morgan fingerprint density at radius 1 is 1.18 bits per heavy atom. The lowest BCUT2D eigenvalue weighted by molar-refractivity contribution is -0.692. The van der Waals surface area contributed by atoms with Crippen molar-refractivity contribution in [2.45, 2.75) is 13.5 Å². The second-order valence-electron chi connectivity index (χ2n) is 7.39. The van der Waals surface area contributed by atoms with Gasteiger partial charge in [0, 0.05) is 42.0 Å². The second kappa shape index (κ2) is 12.4. The van der Waals surface area contributed by atoms with Crippen molar-refractivity contribution in [2.75, 3.05) is 18.9 Å². The Bertz CT molecular complexity index is 1230. The number of hydrogen-bond donors (Lipinski definition) is 2. The largest absolute Gasteiger partial charge is 0.327 e. The van der Waals surface area contributed by atoms with Crippen molar-refractivity contribution in [2.24, 2.45) is 4.99 Å². The van der Waals surface area contributed by atoms with Gasteiger partial charge in [0.25, 0.3) is 0 Å². The van der Waals surface area contributed by atoms with Gasteiger partial charge in [-0.2, -0.15) is 0 Å². The highest BCUT2D eigenvalue weighted by Gasteiger charge is 2.15. The van der Waals surface area contributed by atoms with E-state index in [1.165, 1.54) is 0 Å². The summed E-state index contributed by atoms with van der Waals surface area (Å²) in [4.78, 5) is 26.3. The van der Waals surface area contributed by atoms with Crippen molar-refractivity contribution in [3.8, 4) is 16.9 Å². The highest BCUT2D eigenvalue weighted by Crippen LogP contribution is 2.33. The Morgan fingerprint density at radius 3 is 2.56 bits per heavy atom. The van der Waals surface area contributed by atoms with E-state index < -0.39 is 7.60 Å². The van der Waals surface area contributed by atoms with Gasteiger partial charge in [0.15, 0.2) is 27.4 Å². The van der Waals surface area contributed by atoms with Gasteiger partial charge in [-0.05, 0) is 42.8 Å². The first-order chi connectivity index (χ1) is 16.4. The van der Waals surface area contributed by atoms with E-state index >= 15 is 0 Å². The third-order valence-electron chi connectivity index (χ3n) is 4.96. The molecule has 0 aliphatic rings. The summed E-state index contributed by atoms with van der Waals surface area (Å²) in [6, 6.07) is 12.0. The molecular weight excluding hydrogens is 470 g/mol. The van der Waals surface area contributed by atoms with Crippen LogP contribution < -0.4 is 4.57 Å². The highest BCUT2D eigenvalue weighted by atomic mass is 31.2. The van der Waals surface area contributed by atoms with Gasteiger partial charge >= 0.3 is 7.60 Å². The third kappa shape index (κ3) is 7.24. The second-order valence-corrected chi connectivity index (χ2v) is 9.87. The van der Waals surface area contributed by atoms with Crippen LogP contribution in [0.1, 0.15) is 12.6 Å². The molecule has 0 bridgehead atoms. The molecular formula is C24H27N4O4P2+. The summed E-state index contributed by atoms with van der Waals surface area (Å²) in [5, 5.41) is 0. The molecule has 0 spiro atoms. The summed E-state index contributed by atoms with van der Waals surface area (Å²) in [6.45, 7) is 2.66. The lowest BCUT2D eigenvalue weighted by Gasteiger charge is -2.14. The van der Waals surface area contributed by atoms with Gasteiger partial charge in [-0.25, -0.2) is 4.57 Å². The number of pyridine rings is 2. The zero-order valence-electron chi connectivity index (χ0n) is 18.8. The van der Waals surface area contributed by atoms with Crippen molar-refractivity contribution >= 4 is 27.8 Å². The first kappa shape index (κ1) is 25.6. The first-order valence-corrected chi connectivity index (χ1v) is 13.5. The van der Waals surface area contributed by atoms with E-state index in [0.29, 0.717) is 12.7 Å². The average molecular weight is 497 g/mol. The molecule has 0 aliphatic heterocycles. The normalized spacial score (nSPS) is 12.9. The van der Waals surface area contributed by atoms with Gasteiger partial charge < -0.3 is 14.4 Å². The lowest BCUT2D eigenvalue weighted by atomic mass is 10.1. The number of aromatic nitrogens is 3. The summed E-state index contributed by atoms with van der Waals surface area (Å²) in [5.41, 5.74) is 4.78. The highest BCUT2D eigenvalue weighted by molar-refractivity contribution is 7.51. The molecule has 10 heteroatoms. The number of hydrogen-bond acceptors (Lipinski definition) is 4. The van der Waals surface area contributed by atoms with Crippen LogP contribution in [0.25, 0.3) is 22.5 Å². The fraction of sp³-hybridized carbons (Fsp3) is 0.208. The Kier molecular flexibility index (Phi) is 9.37. The van der Waals surface area contributed by atoms with Gasteiger partial charge in [-0.1, -0.05) is 12.2 Å². The smallest absolute Gasteiger partial charge is 0.324 e. The number of aryl methyl sites for hydroxylation is 1. The minimum absolute atomic E-state index is 0.0520. The number of nitrogens with zero attached hydrogens (tertiary/aromatic N) is 4. The van der Waals surface area contributed by atoms with Crippen molar-refractivity contribution < 1.29 is 23.5 Å². The van der Waals surface area contributed by atoms with Crippen molar-refractivity contribution in [3.63, 3.8) is 0 Å². The molecule has 2 N–H and O–H groups in total. The molecule has 0 radical (unpaired) electrons. The van der Waals surface area contributed by atoms with Gasteiger partial charge in [-0.15, -0.1) is 0 Å². The molecule has 3 aromatic rings. The molecule has 0 unspecified atom stereocenters. The van der Waals surface area contributed by atoms with E-state index in [2.05, 4.69) is 14.5 Å². The summed E-state index contributed by atoms with van der Waals surface area (Å²) in [7, 11) is -3.93. The fourth-order valence-corrected chi connectivity index (χ4v) is 4.08. The van der Waals surface area contributed by atoms with Crippen molar-refractivity contribution in [1.82, 2.24) is 9.55 Å². The zero-order chi connectivity index (χ0) is 24.4. The van der Waals surface area contributed by atoms with Crippen molar-refractivity contribution in [3.05, 3.63) is 85.1 Å². The quantitative estimate of drug-likeness (QED) is 0.177. The van der Waals surface area contributed by atoms with E-state index in [0.717, 1.165) is 28.2 Å². The lowest BCUT2D eigenvalue weighted by Crippen LogP contribution is -2.33. The maximum Gasteiger partial charge on any atom is 0.327 e. The van der Waals surface area contributed by atoms with Crippen LogP contribution in [0.4, 0.5) is 0 Å². The summed E-state index contributed by atoms with van der Waals surface area (Å²) < 4.78 is 25.9. The van der Waals surface area contributed by atoms with Crippen LogP contribution >= 0.6 is 16.1 Å². The molecule has 0 amide bonds. The molecule has 0 aromatic carbocycles.